The molecular formula is C11H20N4O. The molecule has 0 saturated heterocycles. The van der Waals surface area contributed by atoms with Gasteiger partial charge in [0.1, 0.15) is 6.33 Å². The third kappa shape index (κ3) is 2.41. The maximum Gasteiger partial charge on any atom is 0.152 e. The third-order valence-corrected chi connectivity index (χ3v) is 3.25. The van der Waals surface area contributed by atoms with Gasteiger partial charge in [-0.1, -0.05) is 19.3 Å². The predicted octanol–water partition coefficient (Wildman–Crippen LogP) is 1.43. The summed E-state index contributed by atoms with van der Waals surface area (Å²) < 4.78 is 7.21. The molecule has 1 aromatic rings. The second-order valence-corrected chi connectivity index (χ2v) is 4.45. The van der Waals surface area contributed by atoms with Crippen molar-refractivity contribution in [3.8, 4) is 0 Å². The zero-order chi connectivity index (χ0) is 11.4. The topological polar surface area (TPSA) is 66.0 Å². The van der Waals surface area contributed by atoms with E-state index in [1.165, 1.54) is 32.1 Å². The fourth-order valence-corrected chi connectivity index (χ4v) is 2.41. The van der Waals surface area contributed by atoms with Crippen LogP contribution in [0.15, 0.2) is 6.33 Å². The van der Waals surface area contributed by atoms with E-state index in [1.54, 1.807) is 13.4 Å². The number of rotatable bonds is 4. The van der Waals surface area contributed by atoms with Gasteiger partial charge in [-0.25, -0.2) is 0 Å². The summed E-state index contributed by atoms with van der Waals surface area (Å²) in [4.78, 5) is 0. The number of nitrogens with zero attached hydrogens (tertiary/aromatic N) is 3. The maximum absolute atomic E-state index is 6.01. The minimum absolute atomic E-state index is 0.172. The van der Waals surface area contributed by atoms with Crippen LogP contribution in [0.1, 0.15) is 50.0 Å². The van der Waals surface area contributed by atoms with E-state index in [2.05, 4.69) is 14.8 Å². The van der Waals surface area contributed by atoms with Crippen LogP contribution >= 0.6 is 0 Å². The highest BCUT2D eigenvalue weighted by molar-refractivity contribution is 4.96. The molecule has 0 aromatic carbocycles. The van der Waals surface area contributed by atoms with Crippen molar-refractivity contribution in [1.82, 2.24) is 14.8 Å². The van der Waals surface area contributed by atoms with Gasteiger partial charge in [0.05, 0.1) is 12.6 Å². The molecule has 0 radical (unpaired) electrons. The highest BCUT2D eigenvalue weighted by atomic mass is 16.5. The molecule has 2 N–H and O–H groups in total. The number of aromatic nitrogens is 3. The molecule has 0 bridgehead atoms. The molecule has 1 heterocycles. The second kappa shape index (κ2) is 5.41. The average Bonchev–Trinajstić information content (AvgIpc) is 2.79. The Morgan fingerprint density at radius 3 is 2.94 bits per heavy atom. The molecule has 1 aliphatic carbocycles. The number of nitrogens with two attached hydrogens (primary N) is 1. The van der Waals surface area contributed by atoms with E-state index >= 15 is 0 Å². The van der Waals surface area contributed by atoms with E-state index in [9.17, 15) is 0 Å². The lowest BCUT2D eigenvalue weighted by atomic mass is 9.95. The molecular weight excluding hydrogens is 204 g/mol. The van der Waals surface area contributed by atoms with Crippen molar-refractivity contribution >= 4 is 0 Å². The Labute approximate surface area is 96.0 Å². The van der Waals surface area contributed by atoms with Gasteiger partial charge in [-0.15, -0.1) is 10.2 Å². The summed E-state index contributed by atoms with van der Waals surface area (Å²) in [7, 11) is 1.65. The summed E-state index contributed by atoms with van der Waals surface area (Å²) in [6.45, 7) is 0.491. The zero-order valence-electron chi connectivity index (χ0n) is 9.80. The molecule has 1 aliphatic rings. The summed E-state index contributed by atoms with van der Waals surface area (Å²) in [6.07, 6.45) is 8.16. The first-order valence-electron chi connectivity index (χ1n) is 5.97. The van der Waals surface area contributed by atoms with Crippen LogP contribution in [-0.2, 0) is 4.74 Å². The van der Waals surface area contributed by atoms with Crippen molar-refractivity contribution < 1.29 is 4.74 Å². The number of hydrogen-bond donors (Lipinski definition) is 1. The molecule has 5 nitrogen and oxygen atoms in total. The van der Waals surface area contributed by atoms with Crippen molar-refractivity contribution in [2.24, 2.45) is 5.73 Å². The molecule has 90 valence electrons. The molecule has 16 heavy (non-hydrogen) atoms. The largest absolute Gasteiger partial charge is 0.383 e. The van der Waals surface area contributed by atoms with Gasteiger partial charge in [-0.3, -0.25) is 0 Å². The van der Waals surface area contributed by atoms with Gasteiger partial charge in [0.25, 0.3) is 0 Å². The van der Waals surface area contributed by atoms with E-state index in [4.69, 9.17) is 10.5 Å². The zero-order valence-corrected chi connectivity index (χ0v) is 9.80. The van der Waals surface area contributed by atoms with Gasteiger partial charge in [-0.05, 0) is 12.8 Å². The van der Waals surface area contributed by atoms with Crippen LogP contribution in [0.2, 0.25) is 0 Å². The highest BCUT2D eigenvalue weighted by Crippen LogP contribution is 2.29. The van der Waals surface area contributed by atoms with E-state index in [1.807, 2.05) is 0 Å². The van der Waals surface area contributed by atoms with Crippen molar-refractivity contribution in [3.05, 3.63) is 12.2 Å². The van der Waals surface area contributed by atoms with Crippen LogP contribution in [-0.4, -0.2) is 28.5 Å². The molecule has 1 aromatic heterocycles. The van der Waals surface area contributed by atoms with Crippen LogP contribution in [0, 0.1) is 0 Å². The Kier molecular flexibility index (Phi) is 3.90. The lowest BCUT2D eigenvalue weighted by molar-refractivity contribution is 0.175. The second-order valence-electron chi connectivity index (χ2n) is 4.45. The van der Waals surface area contributed by atoms with Crippen LogP contribution in [0.25, 0.3) is 0 Å². The average molecular weight is 224 g/mol. The van der Waals surface area contributed by atoms with E-state index in [-0.39, 0.29) is 6.04 Å². The molecule has 0 amide bonds. The lowest BCUT2D eigenvalue weighted by Gasteiger charge is -2.25. The summed E-state index contributed by atoms with van der Waals surface area (Å²) in [5, 5.41) is 8.10. The number of hydrogen-bond acceptors (Lipinski definition) is 4. The Bertz CT molecular complexity index is 320. The van der Waals surface area contributed by atoms with Crippen LogP contribution < -0.4 is 5.73 Å². The number of methoxy groups -OCH3 is 1. The smallest absolute Gasteiger partial charge is 0.152 e. The van der Waals surface area contributed by atoms with Gasteiger partial charge < -0.3 is 15.0 Å². The molecule has 1 saturated carbocycles. The van der Waals surface area contributed by atoms with Gasteiger partial charge in [0.15, 0.2) is 5.82 Å². The Hall–Kier alpha value is -0.940. The minimum Gasteiger partial charge on any atom is -0.383 e. The van der Waals surface area contributed by atoms with Crippen molar-refractivity contribution in [3.63, 3.8) is 0 Å². The van der Waals surface area contributed by atoms with Crippen LogP contribution in [0.4, 0.5) is 0 Å². The molecule has 0 aliphatic heterocycles. The molecule has 1 fully saturated rings. The third-order valence-electron chi connectivity index (χ3n) is 3.25. The fourth-order valence-electron chi connectivity index (χ4n) is 2.41. The summed E-state index contributed by atoms with van der Waals surface area (Å²) in [6, 6.07) is 0.357. The molecule has 5 heteroatoms. The summed E-state index contributed by atoms with van der Waals surface area (Å²) >= 11 is 0. The van der Waals surface area contributed by atoms with Gasteiger partial charge in [0, 0.05) is 13.2 Å². The van der Waals surface area contributed by atoms with Gasteiger partial charge in [-0.2, -0.15) is 0 Å². The maximum atomic E-state index is 6.01. The standard InChI is InChI=1S/C11H20N4O/c1-16-7-10(12)11-14-13-8-15(11)9-5-3-2-4-6-9/h8-10H,2-7,12H2,1H3. The first-order valence-corrected chi connectivity index (χ1v) is 5.97. The first kappa shape index (κ1) is 11.5. The van der Waals surface area contributed by atoms with Gasteiger partial charge in [0.2, 0.25) is 0 Å². The predicted molar refractivity (Wildman–Crippen MR) is 60.9 cm³/mol. The van der Waals surface area contributed by atoms with Crippen molar-refractivity contribution in [1.29, 1.82) is 0 Å². The fraction of sp³-hybridized carbons (Fsp3) is 0.818. The minimum atomic E-state index is -0.172. The lowest BCUT2D eigenvalue weighted by Crippen LogP contribution is -2.24. The molecule has 0 spiro atoms. The van der Waals surface area contributed by atoms with Crippen LogP contribution in [0.5, 0.6) is 0 Å². The Morgan fingerprint density at radius 2 is 2.25 bits per heavy atom. The van der Waals surface area contributed by atoms with E-state index < -0.39 is 0 Å². The Balaban J connectivity index is 2.11. The first-order chi connectivity index (χ1) is 7.83. The highest BCUT2D eigenvalue weighted by Gasteiger charge is 2.21. The number of ether oxygens (including phenoxy) is 1. The molecule has 1 atom stereocenters. The normalized spacial score (nSPS) is 19.9. The SMILES string of the molecule is COCC(N)c1nncn1C1CCCCC1. The monoisotopic (exact) mass is 224 g/mol. The van der Waals surface area contributed by atoms with Gasteiger partial charge >= 0.3 is 0 Å². The van der Waals surface area contributed by atoms with Crippen molar-refractivity contribution in [2.75, 3.05) is 13.7 Å². The summed E-state index contributed by atoms with van der Waals surface area (Å²) in [5.41, 5.74) is 6.01. The molecule has 2 rings (SSSR count). The molecule has 1 unspecified atom stereocenters. The van der Waals surface area contributed by atoms with E-state index in [0.29, 0.717) is 12.6 Å². The van der Waals surface area contributed by atoms with Crippen LogP contribution in [0.3, 0.4) is 0 Å². The van der Waals surface area contributed by atoms with E-state index in [0.717, 1.165) is 5.82 Å². The Morgan fingerprint density at radius 1 is 1.50 bits per heavy atom. The quantitative estimate of drug-likeness (QED) is 0.840. The summed E-state index contributed by atoms with van der Waals surface area (Å²) in [5.74, 6) is 0.855. The van der Waals surface area contributed by atoms with Crippen molar-refractivity contribution in [2.45, 2.75) is 44.2 Å².